The maximum Gasteiger partial charge on any atom is 0.248 e. The second-order valence-electron chi connectivity index (χ2n) is 7.80. The number of amides is 1. The summed E-state index contributed by atoms with van der Waals surface area (Å²) in [5, 5.41) is 11.1. The van der Waals surface area contributed by atoms with Crippen LogP contribution in [-0.2, 0) is 14.8 Å². The van der Waals surface area contributed by atoms with Crippen LogP contribution >= 0.6 is 0 Å². The molecule has 0 aliphatic carbocycles. The predicted molar refractivity (Wildman–Crippen MR) is 118 cm³/mol. The zero-order chi connectivity index (χ0) is 22.9. The molecule has 170 valence electrons. The zero-order valence-electron chi connectivity index (χ0n) is 18.3. The molecule has 0 unspecified atom stereocenters. The fraction of sp³-hybridized carbons (Fsp3) is 0.381. The van der Waals surface area contributed by atoms with Gasteiger partial charge in [-0.05, 0) is 32.9 Å². The number of hydrogen-bond acceptors (Lipinski definition) is 7. The molecule has 0 radical (unpaired) electrons. The number of aromatic nitrogens is 3. The van der Waals surface area contributed by atoms with Gasteiger partial charge < -0.3 is 9.84 Å². The van der Waals surface area contributed by atoms with E-state index in [2.05, 4.69) is 15.6 Å². The van der Waals surface area contributed by atoms with E-state index >= 15 is 0 Å². The Labute approximate surface area is 186 Å². The number of carbonyl (C=O) groups is 1. The summed E-state index contributed by atoms with van der Waals surface area (Å²) in [6.45, 7) is 6.73. The Balaban J connectivity index is 1.37. The Bertz CT molecular complexity index is 1190. The third kappa shape index (κ3) is 4.45. The summed E-state index contributed by atoms with van der Waals surface area (Å²) in [7, 11) is -3.68. The number of nitrogens with zero attached hydrogens (tertiary/aromatic N) is 5. The minimum absolute atomic E-state index is 0.133. The molecule has 32 heavy (non-hydrogen) atoms. The fourth-order valence-electron chi connectivity index (χ4n) is 3.84. The molecule has 1 aliphatic rings. The molecule has 1 aromatic carbocycles. The molecule has 2 aromatic heterocycles. The van der Waals surface area contributed by atoms with E-state index in [4.69, 9.17) is 4.52 Å². The summed E-state index contributed by atoms with van der Waals surface area (Å²) in [6, 6.07) is 11.4. The van der Waals surface area contributed by atoms with Crippen LogP contribution < -0.4 is 5.32 Å². The minimum Gasteiger partial charge on any atom is -0.360 e. The molecule has 0 bridgehead atoms. The number of hydrogen-bond donors (Lipinski definition) is 1. The molecule has 0 spiro atoms. The molecule has 1 N–H and O–H groups in total. The van der Waals surface area contributed by atoms with Crippen molar-refractivity contribution in [1.29, 1.82) is 0 Å². The Hall–Kier alpha value is -3.02. The van der Waals surface area contributed by atoms with Gasteiger partial charge in [0.2, 0.25) is 15.9 Å². The Morgan fingerprint density at radius 1 is 1.09 bits per heavy atom. The van der Waals surface area contributed by atoms with Gasteiger partial charge in [0.05, 0.1) is 17.9 Å². The van der Waals surface area contributed by atoms with Crippen molar-refractivity contribution >= 4 is 21.7 Å². The second kappa shape index (κ2) is 8.85. The first-order chi connectivity index (χ1) is 15.3. The minimum atomic E-state index is -3.68. The predicted octanol–water partition coefficient (Wildman–Crippen LogP) is 1.73. The SMILES string of the molecule is Cc1cc(NC(=O)CN2CCN(S(=O)(=O)c3c(C)noc3C)CC2)n(-c2ccccc2)n1. The van der Waals surface area contributed by atoms with Crippen LogP contribution in [0.25, 0.3) is 5.69 Å². The van der Waals surface area contributed by atoms with Crippen LogP contribution in [0, 0.1) is 20.8 Å². The second-order valence-corrected chi connectivity index (χ2v) is 9.67. The van der Waals surface area contributed by atoms with Crippen LogP contribution in [0.5, 0.6) is 0 Å². The van der Waals surface area contributed by atoms with Crippen LogP contribution in [-0.4, -0.2) is 71.2 Å². The maximum absolute atomic E-state index is 13.0. The number of piperazine rings is 1. The van der Waals surface area contributed by atoms with Crippen LogP contribution in [0.4, 0.5) is 5.82 Å². The number of rotatable bonds is 6. The third-order valence-corrected chi connectivity index (χ3v) is 7.51. The van der Waals surface area contributed by atoms with Crippen LogP contribution in [0.2, 0.25) is 0 Å². The number of sulfonamides is 1. The van der Waals surface area contributed by atoms with Crippen molar-refractivity contribution < 1.29 is 17.7 Å². The maximum atomic E-state index is 13.0. The van der Waals surface area contributed by atoms with Crippen molar-refractivity contribution in [2.75, 3.05) is 38.0 Å². The van der Waals surface area contributed by atoms with Gasteiger partial charge in [0.15, 0.2) is 5.76 Å². The number of aryl methyl sites for hydroxylation is 3. The topological polar surface area (TPSA) is 114 Å². The highest BCUT2D eigenvalue weighted by Crippen LogP contribution is 2.24. The van der Waals surface area contributed by atoms with Gasteiger partial charge in [-0.2, -0.15) is 9.40 Å². The molecular weight excluding hydrogens is 432 g/mol. The van der Waals surface area contributed by atoms with Crippen molar-refractivity contribution in [3.63, 3.8) is 0 Å². The Morgan fingerprint density at radius 2 is 1.78 bits per heavy atom. The number of carbonyl (C=O) groups excluding carboxylic acids is 1. The van der Waals surface area contributed by atoms with Gasteiger partial charge in [-0.3, -0.25) is 9.69 Å². The normalized spacial score (nSPS) is 15.7. The van der Waals surface area contributed by atoms with Gasteiger partial charge >= 0.3 is 0 Å². The van der Waals surface area contributed by atoms with E-state index in [1.54, 1.807) is 18.5 Å². The molecule has 1 saturated heterocycles. The van der Waals surface area contributed by atoms with Crippen LogP contribution in [0.3, 0.4) is 0 Å². The number of para-hydroxylation sites is 1. The van der Waals surface area contributed by atoms with Crippen LogP contribution in [0.1, 0.15) is 17.1 Å². The summed E-state index contributed by atoms with van der Waals surface area (Å²) < 4.78 is 34.0. The molecular formula is C21H26N6O4S. The Kier molecular flexibility index (Phi) is 6.13. The summed E-state index contributed by atoms with van der Waals surface area (Å²) in [5.74, 6) is 0.706. The van der Waals surface area contributed by atoms with Crippen molar-refractivity contribution in [3.05, 3.63) is 53.5 Å². The smallest absolute Gasteiger partial charge is 0.248 e. The van der Waals surface area contributed by atoms with Gasteiger partial charge in [-0.15, -0.1) is 0 Å². The summed E-state index contributed by atoms with van der Waals surface area (Å²) >= 11 is 0. The summed E-state index contributed by atoms with van der Waals surface area (Å²) in [5.41, 5.74) is 2.01. The lowest BCUT2D eigenvalue weighted by molar-refractivity contribution is -0.117. The number of anilines is 1. The van der Waals surface area contributed by atoms with E-state index in [0.29, 0.717) is 37.7 Å². The van der Waals surface area contributed by atoms with Crippen molar-refractivity contribution in [2.45, 2.75) is 25.7 Å². The van der Waals surface area contributed by atoms with Gasteiger partial charge in [0.25, 0.3) is 0 Å². The first-order valence-corrected chi connectivity index (χ1v) is 11.8. The molecule has 1 aliphatic heterocycles. The monoisotopic (exact) mass is 458 g/mol. The lowest BCUT2D eigenvalue weighted by Gasteiger charge is -2.33. The molecule has 3 heterocycles. The lowest BCUT2D eigenvalue weighted by atomic mass is 10.3. The van der Waals surface area contributed by atoms with E-state index in [1.807, 2.05) is 48.2 Å². The van der Waals surface area contributed by atoms with Gasteiger partial charge in [0.1, 0.15) is 16.4 Å². The highest BCUT2D eigenvalue weighted by atomic mass is 32.2. The first-order valence-electron chi connectivity index (χ1n) is 10.3. The van der Waals surface area contributed by atoms with E-state index in [0.717, 1.165) is 11.4 Å². The summed E-state index contributed by atoms with van der Waals surface area (Å²) in [4.78, 5) is 14.7. The average Bonchev–Trinajstić information content (AvgIpc) is 3.30. The molecule has 11 heteroatoms. The molecule has 0 atom stereocenters. The lowest BCUT2D eigenvalue weighted by Crippen LogP contribution is -2.50. The molecule has 0 saturated carbocycles. The van der Waals surface area contributed by atoms with Gasteiger partial charge in [-0.25, -0.2) is 13.1 Å². The third-order valence-electron chi connectivity index (χ3n) is 5.36. The average molecular weight is 459 g/mol. The summed E-state index contributed by atoms with van der Waals surface area (Å²) in [6.07, 6.45) is 0. The van der Waals surface area contributed by atoms with Crippen LogP contribution in [0.15, 0.2) is 45.8 Å². The van der Waals surface area contributed by atoms with Crippen molar-refractivity contribution in [3.8, 4) is 5.69 Å². The quantitative estimate of drug-likeness (QED) is 0.598. The Morgan fingerprint density at radius 3 is 2.41 bits per heavy atom. The van der Waals surface area contributed by atoms with Crippen molar-refractivity contribution in [2.24, 2.45) is 0 Å². The zero-order valence-corrected chi connectivity index (χ0v) is 19.1. The molecule has 1 fully saturated rings. The highest BCUT2D eigenvalue weighted by Gasteiger charge is 2.33. The van der Waals surface area contributed by atoms with E-state index < -0.39 is 10.0 Å². The van der Waals surface area contributed by atoms with Crippen molar-refractivity contribution in [1.82, 2.24) is 24.1 Å². The first kappa shape index (κ1) is 22.2. The molecule has 4 rings (SSSR count). The van der Waals surface area contributed by atoms with E-state index in [-0.39, 0.29) is 23.1 Å². The number of benzene rings is 1. The van der Waals surface area contributed by atoms with E-state index in [9.17, 15) is 13.2 Å². The van der Waals surface area contributed by atoms with Gasteiger partial charge in [-0.1, -0.05) is 23.4 Å². The fourth-order valence-corrected chi connectivity index (χ4v) is 5.55. The molecule has 10 nitrogen and oxygen atoms in total. The molecule has 3 aromatic rings. The molecule has 1 amide bonds. The number of nitrogens with one attached hydrogen (secondary N) is 1. The van der Waals surface area contributed by atoms with E-state index in [1.165, 1.54) is 4.31 Å². The van der Waals surface area contributed by atoms with Gasteiger partial charge in [0, 0.05) is 32.2 Å². The standard InChI is InChI=1S/C21H26N6O4S/c1-15-13-19(27(23-15)18-7-5-4-6-8-18)22-20(28)14-25-9-11-26(12-10-25)32(29,30)21-16(2)24-31-17(21)3/h4-8,13H,9-12,14H2,1-3H3,(H,22,28). The highest BCUT2D eigenvalue weighted by molar-refractivity contribution is 7.89. The largest absolute Gasteiger partial charge is 0.360 e.